The maximum absolute atomic E-state index is 13.6. The Balaban J connectivity index is 1.73. The zero-order valence-electron chi connectivity index (χ0n) is 18.8. The van der Waals surface area contributed by atoms with Crippen LogP contribution in [0.25, 0.3) is 10.9 Å². The first-order valence-corrected chi connectivity index (χ1v) is 12.1. The van der Waals surface area contributed by atoms with E-state index in [9.17, 15) is 18.0 Å². The second kappa shape index (κ2) is 9.58. The Labute approximate surface area is 197 Å². The lowest BCUT2D eigenvalue weighted by atomic mass is 10.1. The van der Waals surface area contributed by atoms with Crippen molar-refractivity contribution in [3.63, 3.8) is 0 Å². The van der Waals surface area contributed by atoms with Crippen LogP contribution in [0.5, 0.6) is 0 Å². The number of anilines is 1. The van der Waals surface area contributed by atoms with E-state index in [0.29, 0.717) is 22.3 Å². The van der Waals surface area contributed by atoms with E-state index in [1.54, 1.807) is 30.6 Å². The number of rotatable bonds is 7. The van der Waals surface area contributed by atoms with Gasteiger partial charge in [-0.15, -0.1) is 0 Å². The third kappa shape index (κ3) is 5.22. The fourth-order valence-electron chi connectivity index (χ4n) is 3.65. The number of nitrogens with one attached hydrogen (secondary N) is 2. The standard InChI is InChI=1S/C25H24N4O4S/c1-17-5-6-20-13-21(25(31)28-24(20)12-17)16-29(15-19-4-3-11-26-14-19)34(32,33)23-9-7-22(8-10-23)27-18(2)30/h3-14H,15-16H2,1-2H3,(H,27,30)(H,28,31). The molecule has 2 N–H and O–H groups in total. The van der Waals surface area contributed by atoms with Gasteiger partial charge in [-0.2, -0.15) is 4.31 Å². The van der Waals surface area contributed by atoms with Gasteiger partial charge in [-0.1, -0.05) is 18.2 Å². The molecule has 0 radical (unpaired) electrons. The molecule has 4 rings (SSSR count). The van der Waals surface area contributed by atoms with Crippen molar-refractivity contribution < 1.29 is 13.2 Å². The van der Waals surface area contributed by atoms with Crippen molar-refractivity contribution in [1.29, 1.82) is 0 Å². The monoisotopic (exact) mass is 476 g/mol. The highest BCUT2D eigenvalue weighted by Crippen LogP contribution is 2.23. The van der Waals surface area contributed by atoms with Crippen LogP contribution in [0.3, 0.4) is 0 Å². The number of pyridine rings is 2. The van der Waals surface area contributed by atoms with Gasteiger partial charge >= 0.3 is 0 Å². The second-order valence-electron chi connectivity index (χ2n) is 8.05. The van der Waals surface area contributed by atoms with E-state index in [0.717, 1.165) is 10.9 Å². The normalized spacial score (nSPS) is 11.6. The molecule has 8 nitrogen and oxygen atoms in total. The Morgan fingerprint density at radius 3 is 2.50 bits per heavy atom. The van der Waals surface area contributed by atoms with E-state index in [1.807, 2.05) is 25.1 Å². The third-order valence-electron chi connectivity index (χ3n) is 5.32. The number of benzene rings is 2. The summed E-state index contributed by atoms with van der Waals surface area (Å²) in [5.41, 5.74) is 2.88. The molecule has 0 fully saturated rings. The first kappa shape index (κ1) is 23.3. The molecule has 0 aliphatic carbocycles. The number of nitrogens with zero attached hydrogens (tertiary/aromatic N) is 2. The van der Waals surface area contributed by atoms with Gasteiger partial charge in [0.2, 0.25) is 15.9 Å². The van der Waals surface area contributed by atoms with Gasteiger partial charge in [0.1, 0.15) is 0 Å². The largest absolute Gasteiger partial charge is 0.326 e. The first-order valence-electron chi connectivity index (χ1n) is 10.6. The molecule has 0 bridgehead atoms. The molecule has 2 aromatic heterocycles. The van der Waals surface area contributed by atoms with Crippen molar-refractivity contribution in [2.24, 2.45) is 0 Å². The number of aromatic nitrogens is 2. The summed E-state index contributed by atoms with van der Waals surface area (Å²) in [6, 6.07) is 16.9. The molecule has 0 unspecified atom stereocenters. The zero-order valence-corrected chi connectivity index (χ0v) is 19.6. The van der Waals surface area contributed by atoms with Crippen molar-refractivity contribution in [2.75, 3.05) is 5.32 Å². The van der Waals surface area contributed by atoms with Gasteiger partial charge in [-0.05, 0) is 65.9 Å². The van der Waals surface area contributed by atoms with Crippen LogP contribution in [0.2, 0.25) is 0 Å². The highest BCUT2D eigenvalue weighted by atomic mass is 32.2. The highest BCUT2D eigenvalue weighted by molar-refractivity contribution is 7.89. The summed E-state index contributed by atoms with van der Waals surface area (Å²) in [6.45, 7) is 3.23. The zero-order chi connectivity index (χ0) is 24.3. The van der Waals surface area contributed by atoms with Gasteiger partial charge in [-0.3, -0.25) is 14.6 Å². The molecule has 0 aliphatic heterocycles. The topological polar surface area (TPSA) is 112 Å². The molecule has 0 aliphatic rings. The minimum Gasteiger partial charge on any atom is -0.326 e. The Bertz CT molecular complexity index is 1500. The van der Waals surface area contributed by atoms with Gasteiger partial charge < -0.3 is 10.3 Å². The van der Waals surface area contributed by atoms with E-state index in [2.05, 4.69) is 15.3 Å². The minimum absolute atomic E-state index is 0.0367. The molecule has 4 aromatic rings. The van der Waals surface area contributed by atoms with Gasteiger partial charge in [-0.25, -0.2) is 8.42 Å². The number of aromatic amines is 1. The molecular weight excluding hydrogens is 452 g/mol. The number of hydrogen-bond acceptors (Lipinski definition) is 5. The van der Waals surface area contributed by atoms with E-state index in [4.69, 9.17) is 0 Å². The molecule has 0 saturated heterocycles. The summed E-state index contributed by atoms with van der Waals surface area (Å²) in [4.78, 5) is 31.1. The molecular formula is C25H24N4O4S. The lowest BCUT2D eigenvalue weighted by molar-refractivity contribution is -0.114. The fraction of sp³-hybridized carbons (Fsp3) is 0.160. The molecule has 0 atom stereocenters. The number of fused-ring (bicyclic) bond motifs is 1. The van der Waals surface area contributed by atoms with Gasteiger partial charge in [0.25, 0.3) is 5.56 Å². The average Bonchev–Trinajstić information content (AvgIpc) is 2.80. The van der Waals surface area contributed by atoms with Crippen molar-refractivity contribution >= 4 is 32.5 Å². The molecule has 174 valence electrons. The third-order valence-corrected chi connectivity index (χ3v) is 7.13. The predicted octanol–water partition coefficient (Wildman–Crippen LogP) is 3.58. The summed E-state index contributed by atoms with van der Waals surface area (Å²) in [7, 11) is -3.98. The maximum atomic E-state index is 13.6. The molecule has 2 aromatic carbocycles. The first-order chi connectivity index (χ1) is 16.2. The smallest absolute Gasteiger partial charge is 0.252 e. The van der Waals surface area contributed by atoms with Crippen molar-refractivity contribution in [2.45, 2.75) is 31.8 Å². The van der Waals surface area contributed by atoms with Crippen LogP contribution in [-0.4, -0.2) is 28.6 Å². The summed E-state index contributed by atoms with van der Waals surface area (Å²) >= 11 is 0. The van der Waals surface area contributed by atoms with Crippen LogP contribution < -0.4 is 10.9 Å². The van der Waals surface area contributed by atoms with E-state index in [1.165, 1.54) is 35.5 Å². The highest BCUT2D eigenvalue weighted by Gasteiger charge is 2.26. The number of H-pyrrole nitrogens is 1. The lowest BCUT2D eigenvalue weighted by Gasteiger charge is -2.22. The molecule has 34 heavy (non-hydrogen) atoms. The van der Waals surface area contributed by atoms with Crippen molar-refractivity contribution in [3.8, 4) is 0 Å². The van der Waals surface area contributed by atoms with Crippen molar-refractivity contribution in [1.82, 2.24) is 14.3 Å². The van der Waals surface area contributed by atoms with Crippen molar-refractivity contribution in [3.05, 3.63) is 100 Å². The fourth-order valence-corrected chi connectivity index (χ4v) is 5.06. The van der Waals surface area contributed by atoms with E-state index in [-0.39, 0.29) is 29.5 Å². The quantitative estimate of drug-likeness (QED) is 0.423. The molecule has 0 spiro atoms. The Morgan fingerprint density at radius 1 is 1.06 bits per heavy atom. The SMILES string of the molecule is CC(=O)Nc1ccc(S(=O)(=O)N(Cc2cccnc2)Cc2cc3ccc(C)cc3[nH]c2=O)cc1. The number of aryl methyl sites for hydroxylation is 1. The summed E-state index contributed by atoms with van der Waals surface area (Å²) < 4.78 is 28.5. The van der Waals surface area contributed by atoms with Crippen LogP contribution in [0.15, 0.2) is 82.7 Å². The number of sulfonamides is 1. The van der Waals surface area contributed by atoms with Crippen LogP contribution >= 0.6 is 0 Å². The predicted molar refractivity (Wildman–Crippen MR) is 131 cm³/mol. The van der Waals surface area contributed by atoms with Crippen LogP contribution in [0.1, 0.15) is 23.6 Å². The number of amides is 1. The number of hydrogen-bond donors (Lipinski definition) is 2. The molecule has 2 heterocycles. The van der Waals surface area contributed by atoms with E-state index < -0.39 is 10.0 Å². The Hall–Kier alpha value is -3.82. The van der Waals surface area contributed by atoms with Crippen LogP contribution in [0, 0.1) is 6.92 Å². The molecule has 0 saturated carbocycles. The Morgan fingerprint density at radius 2 is 1.82 bits per heavy atom. The second-order valence-corrected chi connectivity index (χ2v) is 9.99. The van der Waals surface area contributed by atoms with Crippen LogP contribution in [-0.2, 0) is 27.9 Å². The summed E-state index contributed by atoms with van der Waals surface area (Å²) in [5, 5.41) is 3.44. The number of carbonyl (C=O) groups is 1. The summed E-state index contributed by atoms with van der Waals surface area (Å²) in [5.74, 6) is -0.250. The lowest BCUT2D eigenvalue weighted by Crippen LogP contribution is -2.32. The van der Waals surface area contributed by atoms with Gasteiger partial charge in [0, 0.05) is 49.2 Å². The minimum atomic E-state index is -3.98. The summed E-state index contributed by atoms with van der Waals surface area (Å²) in [6.07, 6.45) is 3.20. The number of carbonyl (C=O) groups excluding carboxylic acids is 1. The maximum Gasteiger partial charge on any atom is 0.252 e. The van der Waals surface area contributed by atoms with Gasteiger partial charge in [0.15, 0.2) is 0 Å². The van der Waals surface area contributed by atoms with E-state index >= 15 is 0 Å². The van der Waals surface area contributed by atoms with Crippen LogP contribution in [0.4, 0.5) is 5.69 Å². The molecule has 1 amide bonds. The van der Waals surface area contributed by atoms with Gasteiger partial charge in [0.05, 0.1) is 4.90 Å². The Kier molecular flexibility index (Phi) is 6.58. The molecule has 9 heteroatoms. The average molecular weight is 477 g/mol.